The minimum absolute atomic E-state index is 0.0363. The molecule has 0 saturated carbocycles. The summed E-state index contributed by atoms with van der Waals surface area (Å²) in [5, 5.41) is 2.97. The van der Waals surface area contributed by atoms with Gasteiger partial charge in [-0.2, -0.15) is 0 Å². The molecule has 1 aromatic carbocycles. The van der Waals surface area contributed by atoms with Crippen molar-refractivity contribution in [3.05, 3.63) is 29.3 Å². The molecule has 2 heterocycles. The summed E-state index contributed by atoms with van der Waals surface area (Å²) in [5.41, 5.74) is 2.13. The Bertz CT molecular complexity index is 711. The molecular formula is C16H22N2O4S. The molecule has 1 saturated heterocycles. The number of fused-ring (bicyclic) bond motifs is 1. The van der Waals surface area contributed by atoms with Gasteiger partial charge in [-0.25, -0.2) is 8.42 Å². The van der Waals surface area contributed by atoms with Gasteiger partial charge in [0.1, 0.15) is 0 Å². The smallest absolute Gasteiger partial charge is 0.251 e. The number of benzene rings is 1. The first-order chi connectivity index (χ1) is 10.9. The fourth-order valence-corrected chi connectivity index (χ4v) is 4.20. The van der Waals surface area contributed by atoms with Gasteiger partial charge in [-0.05, 0) is 49.9 Å². The van der Waals surface area contributed by atoms with Gasteiger partial charge in [-0.15, -0.1) is 0 Å². The molecule has 0 radical (unpaired) electrons. The van der Waals surface area contributed by atoms with Crippen molar-refractivity contribution in [2.45, 2.75) is 38.3 Å². The Balaban J connectivity index is 1.73. The van der Waals surface area contributed by atoms with Crippen LogP contribution in [0.25, 0.3) is 0 Å². The van der Waals surface area contributed by atoms with Crippen molar-refractivity contribution >= 4 is 21.6 Å². The number of sulfonamides is 1. The lowest BCUT2D eigenvalue weighted by atomic mass is 10.1. The topological polar surface area (TPSA) is 75.7 Å². The average Bonchev–Trinajstić information content (AvgIpc) is 3.15. The average molecular weight is 338 g/mol. The van der Waals surface area contributed by atoms with Gasteiger partial charge in [0.2, 0.25) is 10.0 Å². The molecule has 126 valence electrons. The van der Waals surface area contributed by atoms with Crippen molar-refractivity contribution in [3.8, 4) is 0 Å². The van der Waals surface area contributed by atoms with Crippen molar-refractivity contribution < 1.29 is 17.9 Å². The SMILES string of the molecule is CC(NC(=O)c1ccc2c(c1)CCN2S(C)(=O)=O)C1CCCO1. The summed E-state index contributed by atoms with van der Waals surface area (Å²) in [6.45, 7) is 3.14. The van der Waals surface area contributed by atoms with E-state index in [-0.39, 0.29) is 18.1 Å². The third kappa shape index (κ3) is 3.35. The predicted octanol–water partition coefficient (Wildman–Crippen LogP) is 1.31. The van der Waals surface area contributed by atoms with E-state index in [0.29, 0.717) is 24.2 Å². The Morgan fingerprint density at radius 3 is 2.87 bits per heavy atom. The Morgan fingerprint density at radius 2 is 2.22 bits per heavy atom. The van der Waals surface area contributed by atoms with Crippen molar-refractivity contribution in [2.24, 2.45) is 0 Å². The first kappa shape index (κ1) is 16.3. The molecule has 23 heavy (non-hydrogen) atoms. The van der Waals surface area contributed by atoms with E-state index in [1.54, 1.807) is 18.2 Å². The van der Waals surface area contributed by atoms with E-state index in [2.05, 4.69) is 5.32 Å². The van der Waals surface area contributed by atoms with Gasteiger partial charge in [-0.3, -0.25) is 9.10 Å². The summed E-state index contributed by atoms with van der Waals surface area (Å²) in [6, 6.07) is 5.15. The first-order valence-corrected chi connectivity index (χ1v) is 9.74. The van der Waals surface area contributed by atoms with Gasteiger partial charge in [0.15, 0.2) is 0 Å². The highest BCUT2D eigenvalue weighted by atomic mass is 32.2. The van der Waals surface area contributed by atoms with Gasteiger partial charge >= 0.3 is 0 Å². The second-order valence-electron chi connectivity index (χ2n) is 6.24. The van der Waals surface area contributed by atoms with Crippen LogP contribution in [0.4, 0.5) is 5.69 Å². The number of anilines is 1. The van der Waals surface area contributed by atoms with Crippen LogP contribution in [0.2, 0.25) is 0 Å². The molecule has 7 heteroatoms. The van der Waals surface area contributed by atoms with Gasteiger partial charge in [-0.1, -0.05) is 0 Å². The number of hydrogen-bond acceptors (Lipinski definition) is 4. The van der Waals surface area contributed by atoms with Crippen molar-refractivity contribution in [2.75, 3.05) is 23.7 Å². The third-order valence-corrected chi connectivity index (χ3v) is 5.66. The van der Waals surface area contributed by atoms with Crippen LogP contribution in [-0.4, -0.2) is 45.9 Å². The third-order valence-electron chi connectivity index (χ3n) is 4.48. The number of nitrogens with one attached hydrogen (secondary N) is 1. The van der Waals surface area contributed by atoms with Crippen LogP contribution in [0, 0.1) is 0 Å². The summed E-state index contributed by atoms with van der Waals surface area (Å²) >= 11 is 0. The predicted molar refractivity (Wildman–Crippen MR) is 88.2 cm³/mol. The highest BCUT2D eigenvalue weighted by Crippen LogP contribution is 2.30. The van der Waals surface area contributed by atoms with E-state index in [0.717, 1.165) is 25.0 Å². The van der Waals surface area contributed by atoms with Crippen molar-refractivity contribution in [3.63, 3.8) is 0 Å². The molecule has 0 aromatic heterocycles. The minimum atomic E-state index is -3.26. The molecule has 6 nitrogen and oxygen atoms in total. The molecule has 2 aliphatic rings. The van der Waals surface area contributed by atoms with E-state index < -0.39 is 10.0 Å². The van der Waals surface area contributed by atoms with Crippen LogP contribution < -0.4 is 9.62 Å². The maximum absolute atomic E-state index is 12.4. The van der Waals surface area contributed by atoms with Crippen LogP contribution >= 0.6 is 0 Å². The molecule has 1 N–H and O–H groups in total. The molecule has 0 aliphatic carbocycles. The molecule has 0 bridgehead atoms. The second-order valence-corrected chi connectivity index (χ2v) is 8.15. The normalized spacial score (nSPS) is 22.0. The lowest BCUT2D eigenvalue weighted by Crippen LogP contribution is -2.40. The maximum atomic E-state index is 12.4. The summed E-state index contributed by atoms with van der Waals surface area (Å²) in [7, 11) is -3.26. The maximum Gasteiger partial charge on any atom is 0.251 e. The second kappa shape index (κ2) is 6.13. The van der Waals surface area contributed by atoms with Gasteiger partial charge in [0.25, 0.3) is 5.91 Å². The summed E-state index contributed by atoms with van der Waals surface area (Å²) in [4.78, 5) is 12.4. The van der Waals surface area contributed by atoms with E-state index in [4.69, 9.17) is 4.74 Å². The zero-order chi connectivity index (χ0) is 16.6. The molecule has 1 aromatic rings. The number of amides is 1. The van der Waals surface area contributed by atoms with E-state index in [9.17, 15) is 13.2 Å². The standard InChI is InChI=1S/C16H22N2O4S/c1-11(15-4-3-9-22-15)17-16(19)13-5-6-14-12(10-13)7-8-18(14)23(2,20)21/h5-6,10-11,15H,3-4,7-9H2,1-2H3,(H,17,19). The number of hydrogen-bond donors (Lipinski definition) is 1. The van der Waals surface area contributed by atoms with Gasteiger partial charge in [0.05, 0.1) is 24.1 Å². The van der Waals surface area contributed by atoms with Crippen LogP contribution in [0.5, 0.6) is 0 Å². The number of rotatable bonds is 4. The molecule has 1 amide bonds. The Labute approximate surface area is 136 Å². The fraction of sp³-hybridized carbons (Fsp3) is 0.562. The first-order valence-electron chi connectivity index (χ1n) is 7.89. The Kier molecular flexibility index (Phi) is 4.33. The lowest BCUT2D eigenvalue weighted by molar-refractivity contribution is 0.0712. The van der Waals surface area contributed by atoms with Crippen LogP contribution in [-0.2, 0) is 21.2 Å². The molecule has 2 aliphatic heterocycles. The highest BCUT2D eigenvalue weighted by Gasteiger charge is 2.28. The van der Waals surface area contributed by atoms with E-state index in [1.165, 1.54) is 10.6 Å². The number of ether oxygens (including phenoxy) is 1. The van der Waals surface area contributed by atoms with Crippen molar-refractivity contribution in [1.82, 2.24) is 5.32 Å². The Hall–Kier alpha value is -1.60. The summed E-state index contributed by atoms with van der Waals surface area (Å²) in [6.07, 6.45) is 3.91. The lowest BCUT2D eigenvalue weighted by Gasteiger charge is -2.20. The number of nitrogens with zero attached hydrogens (tertiary/aromatic N) is 1. The van der Waals surface area contributed by atoms with Crippen LogP contribution in [0.3, 0.4) is 0 Å². The van der Waals surface area contributed by atoms with Crippen LogP contribution in [0.1, 0.15) is 35.7 Å². The van der Waals surface area contributed by atoms with Crippen LogP contribution in [0.15, 0.2) is 18.2 Å². The van der Waals surface area contributed by atoms with Crippen molar-refractivity contribution in [1.29, 1.82) is 0 Å². The summed E-state index contributed by atoms with van der Waals surface area (Å²) in [5.74, 6) is -0.145. The molecule has 0 spiro atoms. The zero-order valence-corrected chi connectivity index (χ0v) is 14.2. The van der Waals surface area contributed by atoms with E-state index >= 15 is 0 Å². The van der Waals surface area contributed by atoms with Gasteiger partial charge in [0, 0.05) is 18.7 Å². The number of carbonyl (C=O) groups excluding carboxylic acids is 1. The van der Waals surface area contributed by atoms with Gasteiger partial charge < -0.3 is 10.1 Å². The molecule has 2 unspecified atom stereocenters. The molecular weight excluding hydrogens is 316 g/mol. The number of carbonyl (C=O) groups is 1. The highest BCUT2D eigenvalue weighted by molar-refractivity contribution is 7.92. The molecule has 2 atom stereocenters. The molecule has 1 fully saturated rings. The summed E-state index contributed by atoms with van der Waals surface area (Å²) < 4.78 is 30.5. The quantitative estimate of drug-likeness (QED) is 0.898. The van der Waals surface area contributed by atoms with E-state index in [1.807, 2.05) is 6.92 Å². The fourth-order valence-electron chi connectivity index (χ4n) is 3.24. The minimum Gasteiger partial charge on any atom is -0.376 e. The molecule has 3 rings (SSSR count). The largest absolute Gasteiger partial charge is 0.376 e. The zero-order valence-electron chi connectivity index (χ0n) is 13.4. The Morgan fingerprint density at radius 1 is 1.43 bits per heavy atom. The monoisotopic (exact) mass is 338 g/mol.